The molecule has 0 unspecified atom stereocenters. The van der Waals surface area contributed by atoms with Gasteiger partial charge in [0, 0.05) is 24.3 Å². The molecule has 1 aliphatic rings. The van der Waals surface area contributed by atoms with Crippen LogP contribution >= 0.6 is 0 Å². The summed E-state index contributed by atoms with van der Waals surface area (Å²) in [5.74, 6) is 0.679. The monoisotopic (exact) mass is 389 g/mol. The SMILES string of the molecule is OCCN1CCC(Cn2cnc(-c3ccccc3)c2CCc2ccccc2)CC1. The average molecular weight is 390 g/mol. The first-order valence-corrected chi connectivity index (χ1v) is 10.8. The fourth-order valence-corrected chi connectivity index (χ4v) is 4.38. The zero-order valence-corrected chi connectivity index (χ0v) is 17.1. The van der Waals surface area contributed by atoms with E-state index in [9.17, 15) is 0 Å². The normalized spacial score (nSPS) is 15.6. The molecule has 0 atom stereocenters. The molecule has 2 aromatic carbocycles. The highest BCUT2D eigenvalue weighted by Gasteiger charge is 2.21. The number of aliphatic hydroxyl groups excluding tert-OH is 1. The van der Waals surface area contributed by atoms with Crippen LogP contribution in [0, 0.1) is 5.92 Å². The molecule has 0 aliphatic carbocycles. The van der Waals surface area contributed by atoms with Crippen molar-refractivity contribution in [2.75, 3.05) is 26.2 Å². The minimum atomic E-state index is 0.260. The van der Waals surface area contributed by atoms with Gasteiger partial charge >= 0.3 is 0 Å². The van der Waals surface area contributed by atoms with Gasteiger partial charge in [0.15, 0.2) is 0 Å². The highest BCUT2D eigenvalue weighted by atomic mass is 16.3. The van der Waals surface area contributed by atoms with E-state index in [0.29, 0.717) is 5.92 Å². The van der Waals surface area contributed by atoms with Gasteiger partial charge in [-0.2, -0.15) is 0 Å². The molecule has 1 aromatic heterocycles. The lowest BCUT2D eigenvalue weighted by atomic mass is 9.96. The Balaban J connectivity index is 1.51. The topological polar surface area (TPSA) is 41.3 Å². The second-order valence-corrected chi connectivity index (χ2v) is 8.05. The van der Waals surface area contributed by atoms with E-state index in [1.165, 1.54) is 29.7 Å². The Morgan fingerprint density at radius 3 is 2.28 bits per heavy atom. The molecule has 0 bridgehead atoms. The second kappa shape index (κ2) is 9.86. The maximum absolute atomic E-state index is 9.17. The van der Waals surface area contributed by atoms with Crippen molar-refractivity contribution in [1.82, 2.24) is 14.5 Å². The van der Waals surface area contributed by atoms with Crippen LogP contribution in [0.5, 0.6) is 0 Å². The number of benzene rings is 2. The van der Waals surface area contributed by atoms with Gasteiger partial charge in [-0.05, 0) is 50.3 Å². The first-order chi connectivity index (χ1) is 14.3. The number of hydrogen-bond acceptors (Lipinski definition) is 3. The van der Waals surface area contributed by atoms with Crippen molar-refractivity contribution in [3.8, 4) is 11.3 Å². The molecule has 152 valence electrons. The molecule has 1 saturated heterocycles. The summed E-state index contributed by atoms with van der Waals surface area (Å²) >= 11 is 0. The number of rotatable bonds is 8. The van der Waals surface area contributed by atoms with Gasteiger partial charge < -0.3 is 14.6 Å². The molecule has 0 saturated carbocycles. The predicted molar refractivity (Wildman–Crippen MR) is 118 cm³/mol. The molecule has 4 nitrogen and oxygen atoms in total. The fraction of sp³-hybridized carbons (Fsp3) is 0.400. The number of aliphatic hydroxyl groups is 1. The largest absolute Gasteiger partial charge is 0.395 e. The van der Waals surface area contributed by atoms with E-state index in [2.05, 4.69) is 70.1 Å². The lowest BCUT2D eigenvalue weighted by Crippen LogP contribution is -2.36. The van der Waals surface area contributed by atoms with Crippen LogP contribution in [0.4, 0.5) is 0 Å². The third-order valence-electron chi connectivity index (χ3n) is 6.07. The summed E-state index contributed by atoms with van der Waals surface area (Å²) in [5.41, 5.74) is 5.04. The van der Waals surface area contributed by atoms with Crippen molar-refractivity contribution >= 4 is 0 Å². The molecule has 0 amide bonds. The van der Waals surface area contributed by atoms with E-state index >= 15 is 0 Å². The summed E-state index contributed by atoms with van der Waals surface area (Å²) in [7, 11) is 0. The van der Waals surface area contributed by atoms with Crippen LogP contribution in [0.25, 0.3) is 11.3 Å². The highest BCUT2D eigenvalue weighted by Crippen LogP contribution is 2.26. The van der Waals surface area contributed by atoms with Crippen LogP contribution in [0.15, 0.2) is 67.0 Å². The molecule has 0 spiro atoms. The van der Waals surface area contributed by atoms with Crippen molar-refractivity contribution in [3.05, 3.63) is 78.2 Å². The van der Waals surface area contributed by atoms with Gasteiger partial charge in [-0.25, -0.2) is 4.98 Å². The van der Waals surface area contributed by atoms with E-state index in [1.807, 2.05) is 6.33 Å². The van der Waals surface area contributed by atoms with Crippen molar-refractivity contribution in [3.63, 3.8) is 0 Å². The van der Waals surface area contributed by atoms with Crippen molar-refractivity contribution in [2.45, 2.75) is 32.2 Å². The van der Waals surface area contributed by atoms with Gasteiger partial charge in [0.2, 0.25) is 0 Å². The van der Waals surface area contributed by atoms with Gasteiger partial charge in [-0.1, -0.05) is 60.7 Å². The predicted octanol–water partition coefficient (Wildman–Crippen LogP) is 4.04. The number of nitrogens with zero attached hydrogens (tertiary/aromatic N) is 3. The van der Waals surface area contributed by atoms with Gasteiger partial charge in [-0.3, -0.25) is 0 Å². The number of imidazole rings is 1. The smallest absolute Gasteiger partial charge is 0.0956 e. The molecule has 4 rings (SSSR count). The molecular formula is C25H31N3O. The maximum atomic E-state index is 9.17. The Morgan fingerprint density at radius 1 is 0.897 bits per heavy atom. The van der Waals surface area contributed by atoms with Crippen molar-refractivity contribution in [1.29, 1.82) is 0 Å². The lowest BCUT2D eigenvalue weighted by molar-refractivity contribution is 0.141. The fourth-order valence-electron chi connectivity index (χ4n) is 4.38. The van der Waals surface area contributed by atoms with Gasteiger partial charge in [-0.15, -0.1) is 0 Å². The Hall–Kier alpha value is -2.43. The van der Waals surface area contributed by atoms with Crippen LogP contribution in [-0.2, 0) is 19.4 Å². The quantitative estimate of drug-likeness (QED) is 0.632. The van der Waals surface area contributed by atoms with Crippen molar-refractivity contribution < 1.29 is 5.11 Å². The number of aromatic nitrogens is 2. The highest BCUT2D eigenvalue weighted by molar-refractivity contribution is 5.61. The number of hydrogen-bond donors (Lipinski definition) is 1. The maximum Gasteiger partial charge on any atom is 0.0956 e. The molecule has 1 aliphatic heterocycles. The standard InChI is InChI=1S/C25H31N3O/c29-18-17-27-15-13-22(14-16-27)19-28-20-26-25(23-9-5-2-6-10-23)24(28)12-11-21-7-3-1-4-8-21/h1-10,20,22,29H,11-19H2. The Bertz CT molecular complexity index is 868. The number of likely N-dealkylation sites (tertiary alicyclic amines) is 1. The average Bonchev–Trinajstić information content (AvgIpc) is 3.17. The molecule has 1 N–H and O–H groups in total. The summed E-state index contributed by atoms with van der Waals surface area (Å²) in [4.78, 5) is 7.20. The Labute approximate surface area is 173 Å². The molecule has 3 aromatic rings. The molecule has 2 heterocycles. The zero-order chi connectivity index (χ0) is 19.9. The van der Waals surface area contributed by atoms with Gasteiger partial charge in [0.05, 0.1) is 18.6 Å². The molecule has 1 fully saturated rings. The van der Waals surface area contributed by atoms with E-state index in [4.69, 9.17) is 10.1 Å². The zero-order valence-electron chi connectivity index (χ0n) is 17.1. The van der Waals surface area contributed by atoms with Crippen LogP contribution in [0.2, 0.25) is 0 Å². The minimum Gasteiger partial charge on any atom is -0.395 e. The van der Waals surface area contributed by atoms with E-state index < -0.39 is 0 Å². The minimum absolute atomic E-state index is 0.260. The third-order valence-corrected chi connectivity index (χ3v) is 6.07. The van der Waals surface area contributed by atoms with Gasteiger partial charge in [0.1, 0.15) is 0 Å². The summed E-state index contributed by atoms with van der Waals surface area (Å²) in [6.07, 6.45) is 6.45. The van der Waals surface area contributed by atoms with Crippen molar-refractivity contribution in [2.24, 2.45) is 5.92 Å². The van der Waals surface area contributed by atoms with E-state index in [1.54, 1.807) is 0 Å². The van der Waals surface area contributed by atoms with Gasteiger partial charge in [0.25, 0.3) is 0 Å². The van der Waals surface area contributed by atoms with E-state index in [0.717, 1.165) is 44.7 Å². The lowest BCUT2D eigenvalue weighted by Gasteiger charge is -2.31. The molecule has 0 radical (unpaired) electrons. The number of β-amino-alcohol motifs (C(OH)–C–C–N with tert-alkyl or cyclic N) is 1. The third kappa shape index (κ3) is 5.14. The molecule has 29 heavy (non-hydrogen) atoms. The summed E-state index contributed by atoms with van der Waals surface area (Å²) in [6.45, 7) is 4.28. The Morgan fingerprint density at radius 2 is 1.59 bits per heavy atom. The van der Waals surface area contributed by atoms with Crippen LogP contribution in [0.1, 0.15) is 24.1 Å². The first kappa shape index (κ1) is 19.9. The molecular weight excluding hydrogens is 358 g/mol. The van der Waals surface area contributed by atoms with E-state index in [-0.39, 0.29) is 6.61 Å². The number of piperidine rings is 1. The molecule has 4 heteroatoms. The van der Waals surface area contributed by atoms with Crippen LogP contribution in [-0.4, -0.2) is 45.8 Å². The van der Waals surface area contributed by atoms with Crippen LogP contribution in [0.3, 0.4) is 0 Å². The van der Waals surface area contributed by atoms with Crippen LogP contribution < -0.4 is 0 Å². The Kier molecular flexibility index (Phi) is 6.75. The first-order valence-electron chi connectivity index (χ1n) is 10.8. The second-order valence-electron chi connectivity index (χ2n) is 8.05. The summed E-state index contributed by atoms with van der Waals surface area (Å²) in [5, 5.41) is 9.17. The number of aryl methyl sites for hydroxylation is 1. The summed E-state index contributed by atoms with van der Waals surface area (Å²) < 4.78 is 2.40. The summed E-state index contributed by atoms with van der Waals surface area (Å²) in [6, 6.07) is 21.3.